The van der Waals surface area contributed by atoms with Crippen LogP contribution in [0.5, 0.6) is 0 Å². The van der Waals surface area contributed by atoms with Gasteiger partial charge in [-0.2, -0.15) is 0 Å². The van der Waals surface area contributed by atoms with Gasteiger partial charge < -0.3 is 14.6 Å². The van der Waals surface area contributed by atoms with Gasteiger partial charge in [0.1, 0.15) is 12.9 Å². The number of ether oxygens (including phenoxy) is 2. The molecule has 0 bridgehead atoms. The Labute approximate surface area is 76.2 Å². The molecule has 0 saturated heterocycles. The van der Waals surface area contributed by atoms with Crippen molar-refractivity contribution in [3.8, 4) is 0 Å². The third-order valence-corrected chi connectivity index (χ3v) is 1.78. The number of aliphatic hydroxyl groups excluding tert-OH is 1. The van der Waals surface area contributed by atoms with E-state index in [9.17, 15) is 0 Å². The van der Waals surface area contributed by atoms with Gasteiger partial charge in [0.2, 0.25) is 6.29 Å². The Morgan fingerprint density at radius 3 is 2.62 bits per heavy atom. The molecule has 13 heavy (non-hydrogen) atoms. The summed E-state index contributed by atoms with van der Waals surface area (Å²) >= 11 is 0. The molecule has 0 amide bonds. The molecule has 0 aromatic heterocycles. The maximum absolute atomic E-state index is 8.98. The van der Waals surface area contributed by atoms with Crippen LogP contribution in [0.15, 0.2) is 42.4 Å². The van der Waals surface area contributed by atoms with Crippen LogP contribution in [0, 0.1) is 0 Å². The first kappa shape index (κ1) is 8.13. The standard InChI is InChI=1S/C10H10O3/c11-9-6-12-10(13-7-9)8-4-2-1-3-5-8/h1-6,10-11H,7H2. The molecule has 1 aromatic rings. The largest absolute Gasteiger partial charge is 0.507 e. The molecule has 1 aliphatic rings. The van der Waals surface area contributed by atoms with Crippen molar-refractivity contribution < 1.29 is 14.6 Å². The van der Waals surface area contributed by atoms with Crippen LogP contribution < -0.4 is 0 Å². The Bertz CT molecular complexity index is 305. The van der Waals surface area contributed by atoms with Crippen LogP contribution in [0.1, 0.15) is 11.9 Å². The lowest BCUT2D eigenvalue weighted by Crippen LogP contribution is -2.13. The van der Waals surface area contributed by atoms with Crippen molar-refractivity contribution in [2.45, 2.75) is 6.29 Å². The zero-order chi connectivity index (χ0) is 9.10. The minimum Gasteiger partial charge on any atom is -0.507 e. The molecule has 1 heterocycles. The average molecular weight is 178 g/mol. The molecule has 1 aromatic carbocycles. The molecule has 2 rings (SSSR count). The number of aliphatic hydroxyl groups is 1. The van der Waals surface area contributed by atoms with Crippen molar-refractivity contribution in [2.24, 2.45) is 0 Å². The van der Waals surface area contributed by atoms with Gasteiger partial charge in [0.05, 0.1) is 0 Å². The molecular formula is C10H10O3. The molecule has 0 aliphatic carbocycles. The minimum atomic E-state index is -0.392. The first-order valence-electron chi connectivity index (χ1n) is 4.06. The third-order valence-electron chi connectivity index (χ3n) is 1.78. The number of hydrogen-bond acceptors (Lipinski definition) is 3. The zero-order valence-electron chi connectivity index (χ0n) is 7.01. The highest BCUT2D eigenvalue weighted by Gasteiger charge is 2.16. The second-order valence-electron chi connectivity index (χ2n) is 2.80. The van der Waals surface area contributed by atoms with E-state index < -0.39 is 6.29 Å². The molecule has 0 spiro atoms. The molecule has 3 heteroatoms. The number of benzene rings is 1. The highest BCUT2D eigenvalue weighted by molar-refractivity contribution is 5.16. The predicted molar refractivity (Wildman–Crippen MR) is 46.9 cm³/mol. The van der Waals surface area contributed by atoms with Crippen LogP contribution in [-0.4, -0.2) is 11.7 Å². The van der Waals surface area contributed by atoms with Crippen LogP contribution in [0.4, 0.5) is 0 Å². The highest BCUT2D eigenvalue weighted by atomic mass is 16.7. The Kier molecular flexibility index (Phi) is 2.19. The van der Waals surface area contributed by atoms with Crippen molar-refractivity contribution >= 4 is 0 Å². The monoisotopic (exact) mass is 178 g/mol. The van der Waals surface area contributed by atoms with Crippen molar-refractivity contribution in [3.05, 3.63) is 47.9 Å². The van der Waals surface area contributed by atoms with E-state index in [4.69, 9.17) is 14.6 Å². The van der Waals surface area contributed by atoms with E-state index in [1.54, 1.807) is 0 Å². The van der Waals surface area contributed by atoms with Crippen molar-refractivity contribution in [1.29, 1.82) is 0 Å². The van der Waals surface area contributed by atoms with Gasteiger partial charge in [-0.1, -0.05) is 30.3 Å². The van der Waals surface area contributed by atoms with Gasteiger partial charge in [0.15, 0.2) is 5.76 Å². The van der Waals surface area contributed by atoms with E-state index in [0.29, 0.717) is 0 Å². The first-order chi connectivity index (χ1) is 6.36. The van der Waals surface area contributed by atoms with Crippen molar-refractivity contribution in [2.75, 3.05) is 6.61 Å². The molecule has 1 aliphatic heterocycles. The second kappa shape index (κ2) is 3.49. The molecule has 1 unspecified atom stereocenters. The van der Waals surface area contributed by atoms with Crippen LogP contribution >= 0.6 is 0 Å². The van der Waals surface area contributed by atoms with Gasteiger partial charge in [-0.05, 0) is 0 Å². The molecule has 1 N–H and O–H groups in total. The normalized spacial score (nSPS) is 21.8. The number of rotatable bonds is 1. The minimum absolute atomic E-state index is 0.118. The number of hydrogen-bond donors (Lipinski definition) is 1. The van der Waals surface area contributed by atoms with Crippen LogP contribution in [-0.2, 0) is 9.47 Å². The Balaban J connectivity index is 2.12. The van der Waals surface area contributed by atoms with Gasteiger partial charge >= 0.3 is 0 Å². The summed E-state index contributed by atoms with van der Waals surface area (Å²) in [4.78, 5) is 0. The summed E-state index contributed by atoms with van der Waals surface area (Å²) in [5.74, 6) is 0.118. The molecular weight excluding hydrogens is 168 g/mol. The topological polar surface area (TPSA) is 38.7 Å². The van der Waals surface area contributed by atoms with Crippen LogP contribution in [0.2, 0.25) is 0 Å². The lowest BCUT2D eigenvalue weighted by molar-refractivity contribution is -0.130. The second-order valence-corrected chi connectivity index (χ2v) is 2.80. The van der Waals surface area contributed by atoms with Gasteiger partial charge in [-0.15, -0.1) is 0 Å². The summed E-state index contributed by atoms with van der Waals surface area (Å²) in [6.07, 6.45) is 0.929. The average Bonchev–Trinajstić information content (AvgIpc) is 2.20. The van der Waals surface area contributed by atoms with Gasteiger partial charge in [0, 0.05) is 5.56 Å². The summed E-state index contributed by atoms with van der Waals surface area (Å²) in [6.45, 7) is 0.208. The SMILES string of the molecule is OC1=COC(c2ccccc2)OC1. The van der Waals surface area contributed by atoms with Crippen LogP contribution in [0.3, 0.4) is 0 Å². The Morgan fingerprint density at radius 1 is 1.23 bits per heavy atom. The Morgan fingerprint density at radius 2 is 2.00 bits per heavy atom. The summed E-state index contributed by atoms with van der Waals surface area (Å²) < 4.78 is 10.4. The molecule has 68 valence electrons. The maximum Gasteiger partial charge on any atom is 0.226 e. The van der Waals surface area contributed by atoms with E-state index in [1.165, 1.54) is 6.26 Å². The quantitative estimate of drug-likeness (QED) is 0.715. The molecule has 1 atom stereocenters. The fraction of sp³-hybridized carbons (Fsp3) is 0.200. The summed E-state index contributed by atoms with van der Waals surface area (Å²) in [5.41, 5.74) is 0.950. The summed E-state index contributed by atoms with van der Waals surface area (Å²) in [5, 5.41) is 8.98. The van der Waals surface area contributed by atoms with Crippen molar-refractivity contribution in [3.63, 3.8) is 0 Å². The Hall–Kier alpha value is -1.48. The lowest BCUT2D eigenvalue weighted by Gasteiger charge is -2.21. The van der Waals surface area contributed by atoms with Gasteiger partial charge in [-0.25, -0.2) is 0 Å². The molecule has 3 nitrogen and oxygen atoms in total. The summed E-state index contributed by atoms with van der Waals surface area (Å²) in [6, 6.07) is 9.60. The predicted octanol–water partition coefficient (Wildman–Crippen LogP) is 2.13. The highest BCUT2D eigenvalue weighted by Crippen LogP contribution is 2.22. The van der Waals surface area contributed by atoms with E-state index >= 15 is 0 Å². The van der Waals surface area contributed by atoms with Gasteiger partial charge in [0.25, 0.3) is 0 Å². The third kappa shape index (κ3) is 1.81. The van der Waals surface area contributed by atoms with Crippen LogP contribution in [0.25, 0.3) is 0 Å². The van der Waals surface area contributed by atoms with E-state index in [2.05, 4.69) is 0 Å². The lowest BCUT2D eigenvalue weighted by atomic mass is 10.2. The van der Waals surface area contributed by atoms with Gasteiger partial charge in [-0.3, -0.25) is 0 Å². The van der Waals surface area contributed by atoms with E-state index in [0.717, 1.165) is 5.56 Å². The zero-order valence-corrected chi connectivity index (χ0v) is 7.01. The fourth-order valence-electron chi connectivity index (χ4n) is 1.16. The molecule has 0 radical (unpaired) electrons. The van der Waals surface area contributed by atoms with Crippen molar-refractivity contribution in [1.82, 2.24) is 0 Å². The summed E-state index contributed by atoms with van der Waals surface area (Å²) in [7, 11) is 0. The smallest absolute Gasteiger partial charge is 0.226 e. The fourth-order valence-corrected chi connectivity index (χ4v) is 1.16. The first-order valence-corrected chi connectivity index (χ1v) is 4.06. The van der Waals surface area contributed by atoms with E-state index in [-0.39, 0.29) is 12.4 Å². The molecule has 0 fully saturated rings. The maximum atomic E-state index is 8.98. The molecule has 0 saturated carbocycles. The van der Waals surface area contributed by atoms with E-state index in [1.807, 2.05) is 30.3 Å².